The summed E-state index contributed by atoms with van der Waals surface area (Å²) in [6, 6.07) is 11.2. The lowest BCUT2D eigenvalue weighted by molar-refractivity contribution is 0.102. The number of carbonyl (C=O) groups excluding carboxylic acids is 1. The van der Waals surface area contributed by atoms with E-state index < -0.39 is 10.0 Å². The van der Waals surface area contributed by atoms with Gasteiger partial charge in [-0.15, -0.1) is 0 Å². The minimum absolute atomic E-state index is 0.164. The maximum atomic E-state index is 13.0. The normalized spacial score (nSPS) is 21.7. The van der Waals surface area contributed by atoms with Crippen molar-refractivity contribution in [3.05, 3.63) is 48.0 Å². The van der Waals surface area contributed by atoms with E-state index in [1.165, 1.54) is 24.3 Å². The highest BCUT2D eigenvalue weighted by molar-refractivity contribution is 7.89. The molecule has 0 spiro atoms. The molecule has 2 heterocycles. The summed E-state index contributed by atoms with van der Waals surface area (Å²) in [5.74, 6) is 1.56. The Morgan fingerprint density at radius 2 is 1.66 bits per heavy atom. The van der Waals surface area contributed by atoms with Crippen molar-refractivity contribution in [3.63, 3.8) is 0 Å². The van der Waals surface area contributed by atoms with Crippen LogP contribution in [0.15, 0.2) is 47.4 Å². The molecule has 8 heteroatoms. The van der Waals surface area contributed by atoms with E-state index in [-0.39, 0.29) is 17.6 Å². The van der Waals surface area contributed by atoms with Crippen molar-refractivity contribution in [3.8, 4) is 11.5 Å². The zero-order valence-electron chi connectivity index (χ0n) is 16.4. The molecule has 2 aliphatic rings. The predicted molar refractivity (Wildman–Crippen MR) is 109 cm³/mol. The van der Waals surface area contributed by atoms with Gasteiger partial charge >= 0.3 is 0 Å². The first-order valence-corrected chi connectivity index (χ1v) is 11.1. The molecule has 0 unspecified atom stereocenters. The number of rotatable bonds is 4. The van der Waals surface area contributed by atoms with Crippen LogP contribution in [0.2, 0.25) is 0 Å². The highest BCUT2D eigenvalue weighted by Crippen LogP contribution is 2.34. The molecule has 0 aromatic heterocycles. The molecule has 2 aromatic rings. The van der Waals surface area contributed by atoms with E-state index in [0.717, 1.165) is 6.42 Å². The minimum atomic E-state index is -3.56. The summed E-state index contributed by atoms with van der Waals surface area (Å²) in [6.07, 6.45) is 1.03. The monoisotopic (exact) mass is 416 g/mol. The van der Waals surface area contributed by atoms with Crippen LogP contribution in [0.5, 0.6) is 11.5 Å². The maximum Gasteiger partial charge on any atom is 0.255 e. The fraction of sp³-hybridized carbons (Fsp3) is 0.381. The van der Waals surface area contributed by atoms with Crippen molar-refractivity contribution in [2.24, 2.45) is 11.8 Å². The predicted octanol–water partition coefficient (Wildman–Crippen LogP) is 3.33. The second-order valence-electron chi connectivity index (χ2n) is 7.81. The molecule has 1 saturated heterocycles. The molecule has 1 amide bonds. The number of hydrogen-bond acceptors (Lipinski definition) is 5. The van der Waals surface area contributed by atoms with Crippen molar-refractivity contribution < 1.29 is 22.7 Å². The molecule has 0 saturated carbocycles. The van der Waals surface area contributed by atoms with E-state index in [1.807, 2.05) is 0 Å². The van der Waals surface area contributed by atoms with Crippen molar-refractivity contribution in [2.75, 3.05) is 25.2 Å². The number of amides is 1. The van der Waals surface area contributed by atoms with Gasteiger partial charge in [-0.1, -0.05) is 13.8 Å². The largest absolute Gasteiger partial charge is 0.454 e. The van der Waals surface area contributed by atoms with Gasteiger partial charge in [-0.25, -0.2) is 8.42 Å². The fourth-order valence-electron chi connectivity index (χ4n) is 3.91. The van der Waals surface area contributed by atoms with Crippen LogP contribution in [0.25, 0.3) is 0 Å². The Kier molecular flexibility index (Phi) is 5.23. The van der Waals surface area contributed by atoms with Gasteiger partial charge in [0.15, 0.2) is 11.5 Å². The van der Waals surface area contributed by atoms with E-state index in [2.05, 4.69) is 19.2 Å². The number of anilines is 1. The summed E-state index contributed by atoms with van der Waals surface area (Å²) in [5, 5.41) is 2.79. The summed E-state index contributed by atoms with van der Waals surface area (Å²) in [5.41, 5.74) is 0.953. The highest BCUT2D eigenvalue weighted by Gasteiger charge is 2.31. The molecule has 1 N–H and O–H groups in total. The average molecular weight is 416 g/mol. The van der Waals surface area contributed by atoms with Gasteiger partial charge < -0.3 is 14.8 Å². The van der Waals surface area contributed by atoms with E-state index in [0.29, 0.717) is 47.7 Å². The number of fused-ring (bicyclic) bond motifs is 1. The van der Waals surface area contributed by atoms with Crippen molar-refractivity contribution in [1.29, 1.82) is 0 Å². The van der Waals surface area contributed by atoms with Crippen molar-refractivity contribution in [1.82, 2.24) is 4.31 Å². The second-order valence-corrected chi connectivity index (χ2v) is 9.75. The fourth-order valence-corrected chi connectivity index (χ4v) is 5.59. The molecular weight excluding hydrogens is 392 g/mol. The van der Waals surface area contributed by atoms with Gasteiger partial charge in [-0.3, -0.25) is 4.79 Å². The first-order chi connectivity index (χ1) is 13.8. The Labute approximate surface area is 170 Å². The van der Waals surface area contributed by atoms with Crippen LogP contribution < -0.4 is 14.8 Å². The zero-order chi connectivity index (χ0) is 20.6. The quantitative estimate of drug-likeness (QED) is 0.826. The number of nitrogens with one attached hydrogen (secondary N) is 1. The van der Waals surface area contributed by atoms with Crippen LogP contribution in [0.1, 0.15) is 30.6 Å². The third kappa shape index (κ3) is 4.09. The van der Waals surface area contributed by atoms with E-state index in [4.69, 9.17) is 9.47 Å². The Morgan fingerprint density at radius 1 is 1.00 bits per heavy atom. The Hall–Kier alpha value is -2.58. The molecule has 0 radical (unpaired) electrons. The lowest BCUT2D eigenvalue weighted by Gasteiger charge is -2.34. The number of nitrogens with zero attached hydrogens (tertiary/aromatic N) is 1. The third-order valence-corrected chi connectivity index (χ3v) is 7.07. The van der Waals surface area contributed by atoms with Crippen molar-refractivity contribution >= 4 is 21.6 Å². The number of hydrogen-bond donors (Lipinski definition) is 1. The van der Waals surface area contributed by atoms with Gasteiger partial charge in [0.1, 0.15) is 0 Å². The zero-order valence-corrected chi connectivity index (χ0v) is 17.2. The topological polar surface area (TPSA) is 84.9 Å². The lowest BCUT2D eigenvalue weighted by Crippen LogP contribution is -2.42. The number of piperidine rings is 1. The SMILES string of the molecule is C[C@H]1C[C@H](C)CN(S(=O)(=O)c2ccc(C(=O)Nc3ccc4c(c3)OCO4)cc2)C1. The molecule has 0 bridgehead atoms. The van der Waals surface area contributed by atoms with Crippen LogP contribution in [-0.4, -0.2) is 38.5 Å². The van der Waals surface area contributed by atoms with E-state index in [9.17, 15) is 13.2 Å². The molecule has 29 heavy (non-hydrogen) atoms. The molecule has 2 atom stereocenters. The van der Waals surface area contributed by atoms with Gasteiger partial charge in [-0.05, 0) is 54.7 Å². The molecule has 7 nitrogen and oxygen atoms in total. The summed E-state index contributed by atoms with van der Waals surface area (Å²) < 4.78 is 38.0. The molecule has 1 fully saturated rings. The maximum absolute atomic E-state index is 13.0. The molecule has 154 valence electrons. The van der Waals surface area contributed by atoms with Gasteiger partial charge in [-0.2, -0.15) is 4.31 Å². The summed E-state index contributed by atoms with van der Waals surface area (Å²) >= 11 is 0. The summed E-state index contributed by atoms with van der Waals surface area (Å²) in [6.45, 7) is 5.36. The van der Waals surface area contributed by atoms with Gasteiger partial charge in [0.25, 0.3) is 5.91 Å². The first-order valence-electron chi connectivity index (χ1n) is 9.64. The van der Waals surface area contributed by atoms with Gasteiger partial charge in [0.2, 0.25) is 16.8 Å². The number of ether oxygens (including phenoxy) is 2. The molecular formula is C21H24N2O5S. The van der Waals surface area contributed by atoms with Crippen LogP contribution in [0.4, 0.5) is 5.69 Å². The smallest absolute Gasteiger partial charge is 0.255 e. The van der Waals surface area contributed by atoms with Crippen molar-refractivity contribution in [2.45, 2.75) is 25.2 Å². The summed E-state index contributed by atoms with van der Waals surface area (Å²) in [4.78, 5) is 12.7. The standard InChI is InChI=1S/C21H24N2O5S/c1-14-9-15(2)12-23(11-14)29(25,26)18-6-3-16(4-7-18)21(24)22-17-5-8-19-20(10-17)28-13-27-19/h3-8,10,14-15H,9,11-13H2,1-2H3,(H,22,24)/t14-,15-/m0/s1. The van der Waals surface area contributed by atoms with E-state index >= 15 is 0 Å². The molecule has 2 aromatic carbocycles. The molecule has 0 aliphatic carbocycles. The minimum Gasteiger partial charge on any atom is -0.454 e. The average Bonchev–Trinajstić information content (AvgIpc) is 3.15. The number of benzene rings is 2. The molecule has 2 aliphatic heterocycles. The Balaban J connectivity index is 1.47. The molecule has 4 rings (SSSR count). The second kappa shape index (κ2) is 7.68. The Bertz CT molecular complexity index is 1010. The number of carbonyl (C=O) groups is 1. The first kappa shape index (κ1) is 19.7. The van der Waals surface area contributed by atoms with Gasteiger partial charge in [0.05, 0.1) is 4.90 Å². The van der Waals surface area contributed by atoms with Crippen LogP contribution in [-0.2, 0) is 10.0 Å². The lowest BCUT2D eigenvalue weighted by atomic mass is 9.94. The van der Waals surface area contributed by atoms with Crippen LogP contribution in [0, 0.1) is 11.8 Å². The number of sulfonamides is 1. The van der Waals surface area contributed by atoms with E-state index in [1.54, 1.807) is 22.5 Å². The van der Waals surface area contributed by atoms with Crippen LogP contribution in [0.3, 0.4) is 0 Å². The third-order valence-electron chi connectivity index (χ3n) is 5.22. The van der Waals surface area contributed by atoms with Gasteiger partial charge in [0, 0.05) is 30.4 Å². The van der Waals surface area contributed by atoms with Crippen LogP contribution >= 0.6 is 0 Å². The Morgan fingerprint density at radius 3 is 2.34 bits per heavy atom. The summed E-state index contributed by atoms with van der Waals surface area (Å²) in [7, 11) is -3.56. The highest BCUT2D eigenvalue weighted by atomic mass is 32.2.